The number of hydrogen-bond donors (Lipinski definition) is 2. The van der Waals surface area contributed by atoms with E-state index in [0.29, 0.717) is 40.9 Å². The van der Waals surface area contributed by atoms with E-state index in [1.807, 2.05) is 30.3 Å². The second-order valence-corrected chi connectivity index (χ2v) is 7.30. The highest BCUT2D eigenvalue weighted by atomic mass is 16.5. The van der Waals surface area contributed by atoms with E-state index in [9.17, 15) is 9.59 Å². The lowest BCUT2D eigenvalue weighted by Crippen LogP contribution is -2.44. The molecule has 0 aliphatic heterocycles. The largest absolute Gasteiger partial charge is 0.493 e. The van der Waals surface area contributed by atoms with Gasteiger partial charge in [0.25, 0.3) is 5.91 Å². The van der Waals surface area contributed by atoms with Crippen LogP contribution in [0.2, 0.25) is 0 Å². The number of hydrogen-bond acceptors (Lipinski definition) is 7. The molecule has 0 aliphatic rings. The third-order valence-corrected chi connectivity index (χ3v) is 4.92. The zero-order valence-electron chi connectivity index (χ0n) is 19.8. The fourth-order valence-corrected chi connectivity index (χ4v) is 3.22. The molecule has 3 aromatic carbocycles. The molecule has 2 amide bonds. The van der Waals surface area contributed by atoms with E-state index in [4.69, 9.17) is 23.7 Å². The third kappa shape index (κ3) is 7.29. The molecule has 35 heavy (non-hydrogen) atoms. The number of ether oxygens (including phenoxy) is 5. The van der Waals surface area contributed by atoms with Gasteiger partial charge in [0.15, 0.2) is 18.1 Å². The van der Waals surface area contributed by atoms with E-state index in [1.54, 1.807) is 36.4 Å². The molecule has 0 atom stereocenters. The zero-order chi connectivity index (χ0) is 25.0. The van der Waals surface area contributed by atoms with Crippen molar-refractivity contribution in [1.29, 1.82) is 0 Å². The monoisotopic (exact) mass is 480 g/mol. The first kappa shape index (κ1) is 25.2. The first-order chi connectivity index (χ1) is 17.0. The highest BCUT2D eigenvalue weighted by Gasteiger charge is 2.18. The van der Waals surface area contributed by atoms with E-state index in [-0.39, 0.29) is 13.0 Å². The van der Waals surface area contributed by atoms with Gasteiger partial charge in [-0.25, -0.2) is 0 Å². The Morgan fingerprint density at radius 3 is 1.94 bits per heavy atom. The van der Waals surface area contributed by atoms with Crippen molar-refractivity contribution < 1.29 is 33.3 Å². The minimum Gasteiger partial charge on any atom is -0.493 e. The first-order valence-corrected chi connectivity index (χ1v) is 10.8. The number of carbonyl (C=O) groups is 2. The summed E-state index contributed by atoms with van der Waals surface area (Å²) in [5, 5.41) is 0. The van der Waals surface area contributed by atoms with Crippen molar-refractivity contribution in [2.75, 3.05) is 27.9 Å². The van der Waals surface area contributed by atoms with Gasteiger partial charge in [0.1, 0.15) is 18.1 Å². The van der Waals surface area contributed by atoms with Crippen LogP contribution in [0.4, 0.5) is 0 Å². The summed E-state index contributed by atoms with van der Waals surface area (Å²) in [6.07, 6.45) is -0.0465. The van der Waals surface area contributed by atoms with Gasteiger partial charge in [0.2, 0.25) is 11.7 Å². The van der Waals surface area contributed by atoms with Crippen LogP contribution >= 0.6 is 0 Å². The third-order valence-electron chi connectivity index (χ3n) is 4.92. The van der Waals surface area contributed by atoms with Crippen LogP contribution in [-0.2, 0) is 22.6 Å². The van der Waals surface area contributed by atoms with Gasteiger partial charge in [-0.05, 0) is 35.9 Å². The van der Waals surface area contributed by atoms with Gasteiger partial charge in [0.05, 0.1) is 27.8 Å². The Bertz CT molecular complexity index is 1120. The molecule has 0 fully saturated rings. The second kappa shape index (κ2) is 12.7. The van der Waals surface area contributed by atoms with Gasteiger partial charge in [-0.1, -0.05) is 36.4 Å². The Balaban J connectivity index is 1.43. The van der Waals surface area contributed by atoms with E-state index in [0.717, 1.165) is 5.56 Å². The Hall–Kier alpha value is -4.40. The normalized spacial score (nSPS) is 10.1. The predicted octanol–water partition coefficient (Wildman–Crippen LogP) is 3.06. The smallest absolute Gasteiger partial charge is 0.276 e. The van der Waals surface area contributed by atoms with Gasteiger partial charge in [-0.15, -0.1) is 0 Å². The van der Waals surface area contributed by atoms with Crippen molar-refractivity contribution >= 4 is 11.8 Å². The number of nitrogens with one attached hydrogen (secondary N) is 2. The molecule has 9 nitrogen and oxygen atoms in total. The van der Waals surface area contributed by atoms with E-state index in [1.165, 1.54) is 21.3 Å². The zero-order valence-corrected chi connectivity index (χ0v) is 19.8. The number of amides is 2. The Morgan fingerprint density at radius 2 is 1.31 bits per heavy atom. The maximum Gasteiger partial charge on any atom is 0.276 e. The molecule has 0 bridgehead atoms. The molecule has 0 heterocycles. The number of benzene rings is 3. The first-order valence-electron chi connectivity index (χ1n) is 10.8. The molecule has 0 saturated heterocycles. The molecule has 3 aromatic rings. The fraction of sp³-hybridized carbons (Fsp3) is 0.231. The van der Waals surface area contributed by atoms with Crippen molar-refractivity contribution in [2.24, 2.45) is 0 Å². The number of carbonyl (C=O) groups excluding carboxylic acids is 2. The number of hydrazine groups is 1. The summed E-state index contributed by atoms with van der Waals surface area (Å²) >= 11 is 0. The summed E-state index contributed by atoms with van der Waals surface area (Å²) in [4.78, 5) is 24.4. The van der Waals surface area contributed by atoms with E-state index >= 15 is 0 Å². The Kier molecular flexibility index (Phi) is 9.18. The topological polar surface area (TPSA) is 104 Å². The SMILES string of the molecule is COc1ccc(CC(=O)NNC(=O)COc2ccc(OCc3ccccc3)cc2)c(OC)c1OC. The summed E-state index contributed by atoms with van der Waals surface area (Å²) in [6.45, 7) is 0.183. The van der Waals surface area contributed by atoms with Gasteiger partial charge in [-0.3, -0.25) is 20.4 Å². The molecule has 0 radical (unpaired) electrons. The minimum atomic E-state index is -0.512. The molecule has 9 heteroatoms. The molecule has 0 spiro atoms. The maximum absolute atomic E-state index is 12.3. The van der Waals surface area contributed by atoms with Crippen molar-refractivity contribution in [3.8, 4) is 28.7 Å². The van der Waals surface area contributed by atoms with Gasteiger partial charge in [0, 0.05) is 5.56 Å². The molecule has 2 N–H and O–H groups in total. The summed E-state index contributed by atoms with van der Waals surface area (Å²) in [5.41, 5.74) is 6.32. The lowest BCUT2D eigenvalue weighted by Gasteiger charge is -2.15. The number of methoxy groups -OCH3 is 3. The van der Waals surface area contributed by atoms with Crippen LogP contribution in [0.5, 0.6) is 28.7 Å². The highest BCUT2D eigenvalue weighted by molar-refractivity contribution is 5.84. The molecule has 0 unspecified atom stereocenters. The van der Waals surface area contributed by atoms with Crippen LogP contribution in [0.25, 0.3) is 0 Å². The maximum atomic E-state index is 12.3. The lowest BCUT2D eigenvalue weighted by atomic mass is 10.1. The van der Waals surface area contributed by atoms with Crippen molar-refractivity contribution in [2.45, 2.75) is 13.0 Å². The van der Waals surface area contributed by atoms with E-state index in [2.05, 4.69) is 10.9 Å². The van der Waals surface area contributed by atoms with Crippen LogP contribution in [-0.4, -0.2) is 39.8 Å². The van der Waals surface area contributed by atoms with Gasteiger partial charge < -0.3 is 23.7 Å². The minimum absolute atomic E-state index is 0.0465. The molecule has 3 rings (SSSR count). The summed E-state index contributed by atoms with van der Waals surface area (Å²) in [6, 6.07) is 20.1. The Labute approximate surface area is 203 Å². The standard InChI is InChI=1S/C26H28N2O7/c1-31-22-14-9-19(25(32-2)26(22)33-3)15-23(29)27-28-24(30)17-35-21-12-10-20(11-13-21)34-16-18-7-5-4-6-8-18/h4-14H,15-17H2,1-3H3,(H,27,29)(H,28,30). The van der Waals surface area contributed by atoms with Crippen LogP contribution in [0.1, 0.15) is 11.1 Å². The quantitative estimate of drug-likeness (QED) is 0.407. The number of rotatable bonds is 11. The van der Waals surface area contributed by atoms with Crippen molar-refractivity contribution in [3.63, 3.8) is 0 Å². The molecule has 184 valence electrons. The summed E-state index contributed by atoms with van der Waals surface area (Å²) in [5.74, 6) is 1.47. The van der Waals surface area contributed by atoms with Crippen molar-refractivity contribution in [1.82, 2.24) is 10.9 Å². The van der Waals surface area contributed by atoms with E-state index < -0.39 is 11.8 Å². The van der Waals surface area contributed by atoms with Gasteiger partial charge >= 0.3 is 0 Å². The lowest BCUT2D eigenvalue weighted by molar-refractivity contribution is -0.129. The van der Waals surface area contributed by atoms with Crippen LogP contribution in [0.15, 0.2) is 66.7 Å². The van der Waals surface area contributed by atoms with Crippen molar-refractivity contribution in [3.05, 3.63) is 77.9 Å². The van der Waals surface area contributed by atoms with Crippen LogP contribution in [0.3, 0.4) is 0 Å². The molecule has 0 aliphatic carbocycles. The van der Waals surface area contributed by atoms with Gasteiger partial charge in [-0.2, -0.15) is 0 Å². The second-order valence-electron chi connectivity index (χ2n) is 7.30. The fourth-order valence-electron chi connectivity index (χ4n) is 3.22. The van der Waals surface area contributed by atoms with Crippen LogP contribution in [0, 0.1) is 0 Å². The summed E-state index contributed by atoms with van der Waals surface area (Å²) in [7, 11) is 4.46. The molecular weight excluding hydrogens is 452 g/mol. The molecule has 0 aromatic heterocycles. The highest BCUT2D eigenvalue weighted by Crippen LogP contribution is 2.39. The molecular formula is C26H28N2O7. The predicted molar refractivity (Wildman–Crippen MR) is 129 cm³/mol. The Morgan fingerprint density at radius 1 is 0.686 bits per heavy atom. The van der Waals surface area contributed by atoms with Crippen LogP contribution < -0.4 is 34.5 Å². The average molecular weight is 481 g/mol. The molecule has 0 saturated carbocycles. The summed E-state index contributed by atoms with van der Waals surface area (Å²) < 4.78 is 27.1. The average Bonchev–Trinajstić information content (AvgIpc) is 2.90.